The summed E-state index contributed by atoms with van der Waals surface area (Å²) >= 11 is 0. The van der Waals surface area contributed by atoms with Crippen molar-refractivity contribution in [1.29, 1.82) is 0 Å². The van der Waals surface area contributed by atoms with Crippen LogP contribution in [0.2, 0.25) is 0 Å². The summed E-state index contributed by atoms with van der Waals surface area (Å²) in [4.78, 5) is 12.2. The second kappa shape index (κ2) is 9.44. The highest BCUT2D eigenvalue weighted by Crippen LogP contribution is 2.47. The van der Waals surface area contributed by atoms with Crippen LogP contribution >= 0.6 is 0 Å². The lowest BCUT2D eigenvalue weighted by atomic mass is 9.78. The van der Waals surface area contributed by atoms with Crippen molar-refractivity contribution in [3.05, 3.63) is 77.4 Å². The zero-order chi connectivity index (χ0) is 27.2. The smallest absolute Gasteiger partial charge is 0.501 e. The number of nitrogens with one attached hydrogen (secondary N) is 1. The number of hydrogen-bond acceptors (Lipinski definition) is 4. The first-order chi connectivity index (χ1) is 17.2. The van der Waals surface area contributed by atoms with Gasteiger partial charge in [-0.05, 0) is 72.4 Å². The van der Waals surface area contributed by atoms with Gasteiger partial charge in [0.25, 0.3) is 15.7 Å². The van der Waals surface area contributed by atoms with Crippen molar-refractivity contribution in [2.75, 3.05) is 5.32 Å². The van der Waals surface area contributed by atoms with Gasteiger partial charge in [-0.1, -0.05) is 19.8 Å². The van der Waals surface area contributed by atoms with Crippen LogP contribution in [-0.4, -0.2) is 24.9 Å². The van der Waals surface area contributed by atoms with E-state index in [2.05, 4.69) is 5.32 Å². The number of phenolic OH excluding ortho intramolecular Hbond substituents is 1. The molecule has 0 spiro atoms. The Morgan fingerprint density at radius 2 is 1.59 bits per heavy atom. The Kier molecular flexibility index (Phi) is 6.78. The van der Waals surface area contributed by atoms with E-state index < -0.39 is 43.2 Å². The quantitative estimate of drug-likeness (QED) is 0.353. The minimum Gasteiger partial charge on any atom is -0.507 e. The van der Waals surface area contributed by atoms with Crippen LogP contribution in [-0.2, 0) is 15.3 Å². The van der Waals surface area contributed by atoms with Crippen LogP contribution in [0.1, 0.15) is 48.5 Å². The molecule has 0 radical (unpaired) electrons. The highest BCUT2D eigenvalue weighted by molar-refractivity contribution is 7.92. The Labute approximate surface area is 209 Å². The van der Waals surface area contributed by atoms with E-state index in [9.17, 15) is 40.3 Å². The maximum Gasteiger partial charge on any atom is 0.501 e. The average molecular weight is 540 g/mol. The van der Waals surface area contributed by atoms with Crippen LogP contribution in [0.15, 0.2) is 59.5 Å². The predicted molar refractivity (Wildman–Crippen MR) is 127 cm³/mol. The van der Waals surface area contributed by atoms with Gasteiger partial charge in [0.05, 0.1) is 10.5 Å². The minimum atomic E-state index is -5.56. The van der Waals surface area contributed by atoms with Crippen molar-refractivity contribution >= 4 is 21.4 Å². The van der Waals surface area contributed by atoms with Gasteiger partial charge in [0.1, 0.15) is 17.4 Å². The number of rotatable bonds is 5. The standard InChI is InChI=1S/C26H22F5NO4S/c1-25(10-2-3-11-25)21-13-15(19-9-4-16(27)14-22(19)28)12-20(23(21)33)24(34)32-17-5-7-18(8-6-17)37(35,36)26(29,30)31/h4-9,12-14,33H,2-3,10-11H2,1H3,(H,32,34). The number of carbonyl (C=O) groups is 1. The lowest BCUT2D eigenvalue weighted by Gasteiger charge is -2.27. The van der Waals surface area contributed by atoms with Crippen molar-refractivity contribution in [3.8, 4) is 16.9 Å². The van der Waals surface area contributed by atoms with Gasteiger partial charge in [-0.15, -0.1) is 0 Å². The molecule has 3 aromatic carbocycles. The fourth-order valence-corrected chi connectivity index (χ4v) is 5.38. The number of aromatic hydroxyl groups is 1. The molecule has 1 aliphatic carbocycles. The van der Waals surface area contributed by atoms with E-state index in [0.717, 1.165) is 31.0 Å². The molecular formula is C26H22F5NO4S. The largest absolute Gasteiger partial charge is 0.507 e. The maximum absolute atomic E-state index is 14.6. The summed E-state index contributed by atoms with van der Waals surface area (Å²) in [5.74, 6) is -2.82. The van der Waals surface area contributed by atoms with Crippen LogP contribution in [0.4, 0.5) is 27.6 Å². The van der Waals surface area contributed by atoms with Gasteiger partial charge < -0.3 is 10.4 Å². The lowest BCUT2D eigenvalue weighted by molar-refractivity contribution is -0.0436. The summed E-state index contributed by atoms with van der Waals surface area (Å²) in [5, 5.41) is 13.5. The molecule has 0 aliphatic heterocycles. The Hall–Kier alpha value is -3.47. The van der Waals surface area contributed by atoms with Crippen molar-refractivity contribution in [2.24, 2.45) is 0 Å². The van der Waals surface area contributed by atoms with E-state index in [1.165, 1.54) is 12.1 Å². The zero-order valence-electron chi connectivity index (χ0n) is 19.5. The Morgan fingerprint density at radius 3 is 2.16 bits per heavy atom. The normalized spacial score (nSPS) is 15.5. The third-order valence-electron chi connectivity index (χ3n) is 6.68. The van der Waals surface area contributed by atoms with Crippen molar-refractivity contribution in [1.82, 2.24) is 0 Å². The molecule has 5 nitrogen and oxygen atoms in total. The molecule has 1 saturated carbocycles. The fraction of sp³-hybridized carbons (Fsp3) is 0.269. The number of sulfone groups is 1. The summed E-state index contributed by atoms with van der Waals surface area (Å²) in [6, 6.07) is 9.18. The average Bonchev–Trinajstić information content (AvgIpc) is 3.26. The molecule has 196 valence electrons. The number of benzene rings is 3. The molecule has 4 rings (SSSR count). The summed E-state index contributed by atoms with van der Waals surface area (Å²) < 4.78 is 89.6. The SMILES string of the molecule is CC1(c2cc(-c3ccc(F)cc3F)cc(C(=O)Nc3ccc(S(=O)(=O)C(F)(F)F)cc3)c2O)CCCC1. The first-order valence-electron chi connectivity index (χ1n) is 11.3. The first-order valence-corrected chi connectivity index (χ1v) is 12.8. The molecule has 3 aromatic rings. The predicted octanol–water partition coefficient (Wildman–Crippen LogP) is 6.71. The van der Waals surface area contributed by atoms with E-state index in [4.69, 9.17) is 0 Å². The second-order valence-electron chi connectivity index (χ2n) is 9.24. The molecule has 2 N–H and O–H groups in total. The molecule has 0 bridgehead atoms. The second-order valence-corrected chi connectivity index (χ2v) is 11.2. The zero-order valence-corrected chi connectivity index (χ0v) is 20.3. The molecule has 1 fully saturated rings. The van der Waals surface area contributed by atoms with Crippen LogP contribution in [0.25, 0.3) is 11.1 Å². The van der Waals surface area contributed by atoms with E-state index in [1.54, 1.807) is 6.07 Å². The summed E-state index contributed by atoms with van der Waals surface area (Å²) in [6.45, 7) is 1.92. The van der Waals surface area contributed by atoms with Gasteiger partial charge >= 0.3 is 5.51 Å². The summed E-state index contributed by atoms with van der Waals surface area (Å²) in [7, 11) is -5.56. The molecule has 37 heavy (non-hydrogen) atoms. The molecule has 0 unspecified atom stereocenters. The number of phenols is 1. The minimum absolute atomic E-state index is 0.0139. The fourth-order valence-electron chi connectivity index (χ4n) is 4.62. The first kappa shape index (κ1) is 26.6. The molecule has 0 atom stereocenters. The van der Waals surface area contributed by atoms with Crippen LogP contribution in [0.3, 0.4) is 0 Å². The number of halogens is 5. The molecule has 11 heteroatoms. The summed E-state index contributed by atoms with van der Waals surface area (Å²) in [6.07, 6.45) is 3.21. The van der Waals surface area contributed by atoms with E-state index >= 15 is 0 Å². The van der Waals surface area contributed by atoms with Crippen molar-refractivity contribution < 1.29 is 40.3 Å². The Morgan fingerprint density at radius 1 is 0.973 bits per heavy atom. The van der Waals surface area contributed by atoms with Crippen LogP contribution in [0.5, 0.6) is 5.75 Å². The maximum atomic E-state index is 14.6. The van der Waals surface area contributed by atoms with Gasteiger partial charge in [0.15, 0.2) is 0 Å². The van der Waals surface area contributed by atoms with E-state index in [0.29, 0.717) is 36.6 Å². The number of carbonyl (C=O) groups excluding carboxylic acids is 1. The number of alkyl halides is 3. The van der Waals surface area contributed by atoms with E-state index in [1.807, 2.05) is 6.92 Å². The van der Waals surface area contributed by atoms with Crippen LogP contribution in [0, 0.1) is 11.6 Å². The van der Waals surface area contributed by atoms with Gasteiger partial charge in [-0.25, -0.2) is 17.2 Å². The summed E-state index contributed by atoms with van der Waals surface area (Å²) in [5.41, 5.74) is -5.57. The highest BCUT2D eigenvalue weighted by atomic mass is 32.2. The van der Waals surface area contributed by atoms with Gasteiger partial charge in [0.2, 0.25) is 0 Å². The van der Waals surface area contributed by atoms with Gasteiger partial charge in [0, 0.05) is 22.9 Å². The number of amides is 1. The third-order valence-corrected chi connectivity index (χ3v) is 8.18. The Bertz CT molecular complexity index is 1460. The molecule has 1 amide bonds. The molecular weight excluding hydrogens is 517 g/mol. The highest BCUT2D eigenvalue weighted by Gasteiger charge is 2.46. The Balaban J connectivity index is 1.74. The third kappa shape index (κ3) is 5.04. The van der Waals surface area contributed by atoms with E-state index in [-0.39, 0.29) is 28.1 Å². The van der Waals surface area contributed by atoms with Crippen LogP contribution < -0.4 is 5.32 Å². The monoisotopic (exact) mass is 539 g/mol. The molecule has 0 heterocycles. The van der Waals surface area contributed by atoms with Gasteiger partial charge in [-0.3, -0.25) is 4.79 Å². The topological polar surface area (TPSA) is 83.5 Å². The molecule has 0 saturated heterocycles. The van der Waals surface area contributed by atoms with Crippen molar-refractivity contribution in [3.63, 3.8) is 0 Å². The number of anilines is 1. The molecule has 0 aromatic heterocycles. The van der Waals surface area contributed by atoms with Gasteiger partial charge in [-0.2, -0.15) is 13.2 Å². The number of hydrogen-bond donors (Lipinski definition) is 2. The molecule has 1 aliphatic rings. The lowest BCUT2D eigenvalue weighted by Crippen LogP contribution is -2.23. The van der Waals surface area contributed by atoms with Crippen molar-refractivity contribution in [2.45, 2.75) is 48.4 Å².